The van der Waals surface area contributed by atoms with Gasteiger partial charge in [-0.25, -0.2) is 8.42 Å². The van der Waals surface area contributed by atoms with Gasteiger partial charge in [0.2, 0.25) is 15.9 Å². The molecule has 1 heterocycles. The molecule has 3 rings (SSSR count). The highest BCUT2D eigenvalue weighted by atomic mass is 32.2. The normalized spacial score (nSPS) is 15.7. The van der Waals surface area contributed by atoms with Crippen molar-refractivity contribution in [2.75, 3.05) is 45.2 Å². The fraction of sp³-hybridized carbons (Fsp3) is 0.391. The number of rotatable bonds is 8. The average Bonchev–Trinajstić information content (AvgIpc) is 2.80. The Balaban J connectivity index is 1.57. The zero-order valence-corrected chi connectivity index (χ0v) is 19.9. The Labute approximate surface area is 194 Å². The molecule has 0 aromatic heterocycles. The highest BCUT2D eigenvalue weighted by Crippen LogP contribution is 2.17. The zero-order chi connectivity index (χ0) is 24.0. The molecule has 9 nitrogen and oxygen atoms in total. The van der Waals surface area contributed by atoms with Gasteiger partial charge in [-0.05, 0) is 69.4 Å². The van der Waals surface area contributed by atoms with Gasteiger partial charge in [0.15, 0.2) is 0 Å². The minimum Gasteiger partial charge on any atom is -0.494 e. The lowest BCUT2D eigenvalue weighted by Crippen LogP contribution is -2.47. The molecule has 33 heavy (non-hydrogen) atoms. The van der Waals surface area contributed by atoms with Crippen LogP contribution in [0.4, 0.5) is 5.69 Å². The summed E-state index contributed by atoms with van der Waals surface area (Å²) in [6.45, 7) is 6.82. The lowest BCUT2D eigenvalue weighted by Gasteiger charge is -2.32. The van der Waals surface area contributed by atoms with Gasteiger partial charge in [-0.3, -0.25) is 9.59 Å². The molecule has 1 atom stereocenters. The van der Waals surface area contributed by atoms with Gasteiger partial charge in [-0.15, -0.1) is 0 Å². The van der Waals surface area contributed by atoms with Crippen LogP contribution in [-0.2, 0) is 14.8 Å². The molecular formula is C23H30N4O5S. The van der Waals surface area contributed by atoms with Crippen LogP contribution in [0, 0.1) is 0 Å². The minimum absolute atomic E-state index is 0.0392. The molecule has 1 aliphatic heterocycles. The lowest BCUT2D eigenvalue weighted by atomic mass is 10.1. The molecule has 10 heteroatoms. The Morgan fingerprint density at radius 2 is 1.61 bits per heavy atom. The summed E-state index contributed by atoms with van der Waals surface area (Å²) in [5.41, 5.74) is 1.02. The first-order valence-electron chi connectivity index (χ1n) is 10.8. The number of benzene rings is 2. The third-order valence-electron chi connectivity index (χ3n) is 5.36. The van der Waals surface area contributed by atoms with Crippen LogP contribution in [0.15, 0.2) is 53.4 Å². The van der Waals surface area contributed by atoms with E-state index in [1.54, 1.807) is 36.4 Å². The van der Waals surface area contributed by atoms with Crippen LogP contribution in [0.25, 0.3) is 0 Å². The smallest absolute Gasteiger partial charge is 0.253 e. The Morgan fingerprint density at radius 1 is 1.00 bits per heavy atom. The predicted molar refractivity (Wildman–Crippen MR) is 126 cm³/mol. The van der Waals surface area contributed by atoms with E-state index in [0.29, 0.717) is 36.7 Å². The standard InChI is InChI=1S/C23H30N4O5S/c1-4-32-20-9-11-21(12-10-20)33(30,31)25-17(2)22(28)24-19-7-5-18(6-8-19)23(29)27-15-13-26(3)14-16-27/h5-12,17,25H,4,13-16H2,1-3H3,(H,24,28). The van der Waals surface area contributed by atoms with Gasteiger partial charge in [0, 0.05) is 37.4 Å². The monoisotopic (exact) mass is 474 g/mol. The van der Waals surface area contributed by atoms with E-state index in [-0.39, 0.29) is 10.8 Å². The summed E-state index contributed by atoms with van der Waals surface area (Å²) in [5.74, 6) is 0.0110. The molecule has 0 radical (unpaired) electrons. The van der Waals surface area contributed by atoms with Crippen molar-refractivity contribution in [1.82, 2.24) is 14.5 Å². The van der Waals surface area contributed by atoms with Crippen LogP contribution in [0.2, 0.25) is 0 Å². The molecule has 0 aliphatic carbocycles. The largest absolute Gasteiger partial charge is 0.494 e. The van der Waals surface area contributed by atoms with Gasteiger partial charge >= 0.3 is 0 Å². The Hall–Kier alpha value is -2.95. The predicted octanol–water partition coefficient (Wildman–Crippen LogP) is 1.78. The quantitative estimate of drug-likeness (QED) is 0.604. The van der Waals surface area contributed by atoms with E-state index in [9.17, 15) is 18.0 Å². The number of likely N-dealkylation sites (N-methyl/N-ethyl adjacent to an activating group) is 1. The van der Waals surface area contributed by atoms with Gasteiger partial charge < -0.3 is 19.9 Å². The number of nitrogens with one attached hydrogen (secondary N) is 2. The Bertz CT molecular complexity index is 1060. The number of piperazine rings is 1. The third kappa shape index (κ3) is 6.53. The van der Waals surface area contributed by atoms with E-state index in [4.69, 9.17) is 4.74 Å². The number of hydrogen-bond donors (Lipinski definition) is 2. The molecule has 0 bridgehead atoms. The second-order valence-electron chi connectivity index (χ2n) is 7.91. The number of sulfonamides is 1. The lowest BCUT2D eigenvalue weighted by molar-refractivity contribution is -0.117. The molecule has 1 fully saturated rings. The Morgan fingerprint density at radius 3 is 2.18 bits per heavy atom. The second-order valence-corrected chi connectivity index (χ2v) is 9.62. The van der Waals surface area contributed by atoms with Crippen molar-refractivity contribution >= 4 is 27.5 Å². The summed E-state index contributed by atoms with van der Waals surface area (Å²) >= 11 is 0. The molecule has 1 saturated heterocycles. The van der Waals surface area contributed by atoms with E-state index < -0.39 is 22.0 Å². The van der Waals surface area contributed by atoms with Crippen molar-refractivity contribution in [1.29, 1.82) is 0 Å². The molecular weight excluding hydrogens is 444 g/mol. The minimum atomic E-state index is -3.88. The van der Waals surface area contributed by atoms with Gasteiger partial charge in [-0.1, -0.05) is 0 Å². The van der Waals surface area contributed by atoms with Crippen LogP contribution in [-0.4, -0.2) is 75.9 Å². The van der Waals surface area contributed by atoms with E-state index in [1.807, 2.05) is 18.9 Å². The molecule has 2 amide bonds. The third-order valence-corrected chi connectivity index (χ3v) is 6.92. The van der Waals surface area contributed by atoms with E-state index in [1.165, 1.54) is 19.1 Å². The van der Waals surface area contributed by atoms with Crippen molar-refractivity contribution in [3.63, 3.8) is 0 Å². The van der Waals surface area contributed by atoms with Gasteiger partial charge in [-0.2, -0.15) is 4.72 Å². The zero-order valence-electron chi connectivity index (χ0n) is 19.1. The van der Waals surface area contributed by atoms with E-state index in [2.05, 4.69) is 14.9 Å². The highest BCUT2D eigenvalue weighted by molar-refractivity contribution is 7.89. The average molecular weight is 475 g/mol. The summed E-state index contributed by atoms with van der Waals surface area (Å²) in [4.78, 5) is 29.2. The summed E-state index contributed by atoms with van der Waals surface area (Å²) in [7, 11) is -1.86. The first-order chi connectivity index (χ1) is 15.7. The number of amides is 2. The maximum atomic E-state index is 12.6. The molecule has 2 N–H and O–H groups in total. The number of ether oxygens (including phenoxy) is 1. The van der Waals surface area contributed by atoms with E-state index in [0.717, 1.165) is 13.1 Å². The van der Waals surface area contributed by atoms with Crippen molar-refractivity contribution in [3.8, 4) is 5.75 Å². The van der Waals surface area contributed by atoms with Crippen LogP contribution in [0.5, 0.6) is 5.75 Å². The maximum Gasteiger partial charge on any atom is 0.253 e. The number of hydrogen-bond acceptors (Lipinski definition) is 6. The molecule has 2 aromatic carbocycles. The molecule has 0 spiro atoms. The first kappa shape index (κ1) is 24.7. The molecule has 1 aliphatic rings. The number of carbonyl (C=O) groups excluding carboxylic acids is 2. The van der Waals surface area contributed by atoms with E-state index >= 15 is 0 Å². The van der Waals surface area contributed by atoms with Crippen LogP contribution in [0.1, 0.15) is 24.2 Å². The number of nitrogens with zero attached hydrogens (tertiary/aromatic N) is 2. The van der Waals surface area contributed by atoms with Crippen molar-refractivity contribution < 1.29 is 22.7 Å². The summed E-state index contributed by atoms with van der Waals surface area (Å²) in [6, 6.07) is 11.6. The fourth-order valence-corrected chi connectivity index (χ4v) is 4.58. The van der Waals surface area contributed by atoms with Crippen LogP contribution >= 0.6 is 0 Å². The summed E-state index contributed by atoms with van der Waals surface area (Å²) in [5, 5.41) is 2.68. The van der Waals surface area contributed by atoms with Gasteiger partial charge in [0.05, 0.1) is 17.5 Å². The molecule has 0 saturated carbocycles. The Kier molecular flexibility index (Phi) is 8.06. The topological polar surface area (TPSA) is 108 Å². The maximum absolute atomic E-state index is 12.6. The van der Waals surface area contributed by atoms with Crippen LogP contribution < -0.4 is 14.8 Å². The van der Waals surface area contributed by atoms with Gasteiger partial charge in [0.25, 0.3) is 5.91 Å². The molecule has 2 aromatic rings. The van der Waals surface area contributed by atoms with Gasteiger partial charge in [0.1, 0.15) is 5.75 Å². The van der Waals surface area contributed by atoms with Crippen molar-refractivity contribution in [2.24, 2.45) is 0 Å². The summed E-state index contributed by atoms with van der Waals surface area (Å²) < 4.78 is 32.9. The fourth-order valence-electron chi connectivity index (χ4n) is 3.37. The molecule has 178 valence electrons. The van der Waals surface area contributed by atoms with Crippen molar-refractivity contribution in [3.05, 3.63) is 54.1 Å². The number of carbonyl (C=O) groups is 2. The van der Waals surface area contributed by atoms with Crippen LogP contribution in [0.3, 0.4) is 0 Å². The summed E-state index contributed by atoms with van der Waals surface area (Å²) in [6.07, 6.45) is 0. The SMILES string of the molecule is CCOc1ccc(S(=O)(=O)NC(C)C(=O)Nc2ccc(C(=O)N3CCN(C)CC3)cc2)cc1. The highest BCUT2D eigenvalue weighted by Gasteiger charge is 2.23. The first-order valence-corrected chi connectivity index (χ1v) is 12.3. The van der Waals surface area contributed by atoms with Crippen molar-refractivity contribution in [2.45, 2.75) is 24.8 Å². The number of anilines is 1. The second kappa shape index (κ2) is 10.8. The molecule has 1 unspecified atom stereocenters.